The van der Waals surface area contributed by atoms with Gasteiger partial charge in [-0.15, -0.1) is 6.58 Å². The molecule has 1 aromatic carbocycles. The molecule has 0 saturated carbocycles. The lowest BCUT2D eigenvalue weighted by molar-refractivity contribution is 0.0697. The van der Waals surface area contributed by atoms with Crippen molar-refractivity contribution in [3.63, 3.8) is 0 Å². The second-order valence-corrected chi connectivity index (χ2v) is 2.64. The first-order valence-corrected chi connectivity index (χ1v) is 3.81. The highest BCUT2D eigenvalue weighted by atomic mass is 16.4. The number of phenols is 1. The Kier molecular flexibility index (Phi) is 2.69. The van der Waals surface area contributed by atoms with E-state index in [2.05, 4.69) is 6.58 Å². The molecule has 0 amide bonds. The van der Waals surface area contributed by atoms with Gasteiger partial charge < -0.3 is 10.2 Å². The lowest BCUT2D eigenvalue weighted by Crippen LogP contribution is -1.97. The number of carboxylic acid groups (broad SMARTS) is 1. The maximum atomic E-state index is 10.6. The number of phenolic OH excluding ortho intramolecular Hbond substituents is 1. The zero-order valence-electron chi connectivity index (χ0n) is 7.03. The zero-order valence-corrected chi connectivity index (χ0v) is 7.03. The number of allylic oxidation sites excluding steroid dienone is 1. The first kappa shape index (κ1) is 9.32. The molecule has 0 fully saturated rings. The minimum atomic E-state index is -0.995. The van der Waals surface area contributed by atoms with E-state index in [4.69, 9.17) is 5.11 Å². The number of rotatable bonds is 3. The van der Waals surface area contributed by atoms with Crippen LogP contribution in [-0.4, -0.2) is 16.2 Å². The summed E-state index contributed by atoms with van der Waals surface area (Å²) in [7, 11) is 0. The van der Waals surface area contributed by atoms with Crippen LogP contribution in [0.4, 0.5) is 0 Å². The number of carboxylic acids is 1. The van der Waals surface area contributed by atoms with Gasteiger partial charge in [-0.2, -0.15) is 0 Å². The van der Waals surface area contributed by atoms with Gasteiger partial charge in [0.15, 0.2) is 0 Å². The Labute approximate surface area is 76.0 Å². The number of aromatic carboxylic acids is 1. The summed E-state index contributed by atoms with van der Waals surface area (Å²) in [5, 5.41) is 18.0. The van der Waals surface area contributed by atoms with E-state index in [1.807, 2.05) is 0 Å². The van der Waals surface area contributed by atoms with Gasteiger partial charge in [-0.05, 0) is 30.2 Å². The normalized spacial score (nSPS) is 9.54. The van der Waals surface area contributed by atoms with Crippen molar-refractivity contribution in [3.05, 3.63) is 42.0 Å². The molecule has 3 nitrogen and oxygen atoms in total. The Morgan fingerprint density at radius 3 is 2.77 bits per heavy atom. The van der Waals surface area contributed by atoms with Crippen molar-refractivity contribution in [1.82, 2.24) is 0 Å². The van der Waals surface area contributed by atoms with Gasteiger partial charge in [-0.1, -0.05) is 6.08 Å². The van der Waals surface area contributed by atoms with Crippen molar-refractivity contribution in [2.75, 3.05) is 0 Å². The summed E-state index contributed by atoms with van der Waals surface area (Å²) < 4.78 is 0. The van der Waals surface area contributed by atoms with E-state index in [1.165, 1.54) is 18.2 Å². The van der Waals surface area contributed by atoms with Crippen molar-refractivity contribution in [2.45, 2.75) is 6.42 Å². The number of carbonyl (C=O) groups is 1. The van der Waals surface area contributed by atoms with E-state index >= 15 is 0 Å². The van der Waals surface area contributed by atoms with Gasteiger partial charge in [0.25, 0.3) is 0 Å². The molecule has 0 atom stereocenters. The Morgan fingerprint density at radius 2 is 2.23 bits per heavy atom. The highest BCUT2D eigenvalue weighted by Crippen LogP contribution is 2.19. The molecular weight excluding hydrogens is 168 g/mol. The molecular formula is C10H10O3. The lowest BCUT2D eigenvalue weighted by atomic mass is 10.1. The fraction of sp³-hybridized carbons (Fsp3) is 0.100. The van der Waals surface area contributed by atoms with Gasteiger partial charge in [-0.25, -0.2) is 4.79 Å². The van der Waals surface area contributed by atoms with Gasteiger partial charge >= 0.3 is 5.97 Å². The molecule has 1 aromatic rings. The van der Waals surface area contributed by atoms with Crippen LogP contribution in [0.1, 0.15) is 15.9 Å². The van der Waals surface area contributed by atoms with E-state index in [0.717, 1.165) is 0 Å². The predicted octanol–water partition coefficient (Wildman–Crippen LogP) is 1.82. The van der Waals surface area contributed by atoms with E-state index in [0.29, 0.717) is 12.0 Å². The van der Waals surface area contributed by atoms with E-state index in [-0.39, 0.29) is 11.3 Å². The second kappa shape index (κ2) is 3.76. The summed E-state index contributed by atoms with van der Waals surface area (Å²) in [6.07, 6.45) is 2.08. The summed E-state index contributed by atoms with van der Waals surface area (Å²) in [6.45, 7) is 3.51. The first-order chi connectivity index (χ1) is 6.15. The molecule has 0 aliphatic rings. The Bertz CT molecular complexity index is 342. The first-order valence-electron chi connectivity index (χ1n) is 3.81. The monoisotopic (exact) mass is 178 g/mol. The minimum Gasteiger partial charge on any atom is -0.508 e. The van der Waals surface area contributed by atoms with Crippen LogP contribution in [0.25, 0.3) is 0 Å². The van der Waals surface area contributed by atoms with Gasteiger partial charge in [0.05, 0.1) is 5.56 Å². The van der Waals surface area contributed by atoms with E-state index in [9.17, 15) is 9.90 Å². The third-order valence-electron chi connectivity index (χ3n) is 1.69. The summed E-state index contributed by atoms with van der Waals surface area (Å²) in [4.78, 5) is 10.6. The van der Waals surface area contributed by atoms with Gasteiger partial charge in [0, 0.05) is 0 Å². The standard InChI is InChI=1S/C10H10O3/c1-2-3-7-6-8(10(12)13)4-5-9(7)11/h2,4-6,11H,1,3H2,(H,12,13). The third kappa shape index (κ3) is 2.08. The minimum absolute atomic E-state index is 0.102. The van der Waals surface area contributed by atoms with E-state index in [1.54, 1.807) is 6.08 Å². The van der Waals surface area contributed by atoms with E-state index < -0.39 is 5.97 Å². The number of benzene rings is 1. The molecule has 0 aliphatic carbocycles. The summed E-state index contributed by atoms with van der Waals surface area (Å²) in [5.41, 5.74) is 0.754. The van der Waals surface area contributed by atoms with Crippen molar-refractivity contribution >= 4 is 5.97 Å². The summed E-state index contributed by atoms with van der Waals surface area (Å²) >= 11 is 0. The maximum absolute atomic E-state index is 10.6. The van der Waals surface area contributed by atoms with Crippen LogP contribution in [0.3, 0.4) is 0 Å². The number of hydrogen-bond acceptors (Lipinski definition) is 2. The fourth-order valence-corrected chi connectivity index (χ4v) is 1.04. The molecule has 68 valence electrons. The van der Waals surface area contributed by atoms with Crippen LogP contribution in [0, 0.1) is 0 Å². The van der Waals surface area contributed by atoms with Crippen LogP contribution in [-0.2, 0) is 6.42 Å². The van der Waals surface area contributed by atoms with Crippen molar-refractivity contribution in [1.29, 1.82) is 0 Å². The number of hydrogen-bond donors (Lipinski definition) is 2. The molecule has 1 rings (SSSR count). The van der Waals surface area contributed by atoms with Gasteiger partial charge in [-0.3, -0.25) is 0 Å². The Balaban J connectivity index is 3.10. The molecule has 3 heteroatoms. The Morgan fingerprint density at radius 1 is 1.54 bits per heavy atom. The molecule has 0 bridgehead atoms. The summed E-state index contributed by atoms with van der Waals surface area (Å²) in [6, 6.07) is 4.19. The van der Waals surface area contributed by atoms with Crippen molar-refractivity contribution in [2.24, 2.45) is 0 Å². The molecule has 0 unspecified atom stereocenters. The average Bonchev–Trinajstić information content (AvgIpc) is 2.08. The predicted molar refractivity (Wildman–Crippen MR) is 49.0 cm³/mol. The van der Waals surface area contributed by atoms with Gasteiger partial charge in [0.1, 0.15) is 5.75 Å². The molecule has 0 saturated heterocycles. The molecule has 2 N–H and O–H groups in total. The topological polar surface area (TPSA) is 57.5 Å². The van der Waals surface area contributed by atoms with Crippen LogP contribution in [0.2, 0.25) is 0 Å². The molecule has 0 aliphatic heterocycles. The highest BCUT2D eigenvalue weighted by molar-refractivity contribution is 5.88. The highest BCUT2D eigenvalue weighted by Gasteiger charge is 2.05. The Hall–Kier alpha value is -1.77. The largest absolute Gasteiger partial charge is 0.508 e. The smallest absolute Gasteiger partial charge is 0.335 e. The molecule has 0 heterocycles. The summed E-state index contributed by atoms with van der Waals surface area (Å²) in [5.74, 6) is -0.893. The van der Waals surface area contributed by atoms with Crippen LogP contribution in [0.5, 0.6) is 5.75 Å². The van der Waals surface area contributed by atoms with Gasteiger partial charge in [0.2, 0.25) is 0 Å². The maximum Gasteiger partial charge on any atom is 0.335 e. The molecule has 0 radical (unpaired) electrons. The van der Waals surface area contributed by atoms with Crippen molar-refractivity contribution in [3.8, 4) is 5.75 Å². The van der Waals surface area contributed by atoms with Crippen molar-refractivity contribution < 1.29 is 15.0 Å². The number of aromatic hydroxyl groups is 1. The van der Waals surface area contributed by atoms with Crippen LogP contribution < -0.4 is 0 Å². The average molecular weight is 178 g/mol. The molecule has 0 aromatic heterocycles. The molecule has 13 heavy (non-hydrogen) atoms. The third-order valence-corrected chi connectivity index (χ3v) is 1.69. The second-order valence-electron chi connectivity index (χ2n) is 2.64. The van der Waals surface area contributed by atoms with Crippen LogP contribution >= 0.6 is 0 Å². The SMILES string of the molecule is C=CCc1cc(C(=O)O)ccc1O. The molecule has 0 spiro atoms. The lowest BCUT2D eigenvalue weighted by Gasteiger charge is -2.02. The zero-order chi connectivity index (χ0) is 9.84. The quantitative estimate of drug-likeness (QED) is 0.694. The van der Waals surface area contributed by atoms with Crippen LogP contribution in [0.15, 0.2) is 30.9 Å². The fourth-order valence-electron chi connectivity index (χ4n) is 1.04.